The summed E-state index contributed by atoms with van der Waals surface area (Å²) in [6, 6.07) is 15.8. The Morgan fingerprint density at radius 1 is 1.00 bits per heavy atom. The molecule has 3 rings (SSSR count). The molecule has 0 fully saturated rings. The number of aromatic amines is 1. The predicted octanol–water partition coefficient (Wildman–Crippen LogP) is 3.12. The van der Waals surface area contributed by atoms with E-state index in [0.29, 0.717) is 0 Å². The second-order valence-corrected chi connectivity index (χ2v) is 3.14. The molecule has 13 heavy (non-hydrogen) atoms. The second kappa shape index (κ2) is 2.36. The first-order valence-electron chi connectivity index (χ1n) is 4.32. The van der Waals surface area contributed by atoms with Gasteiger partial charge in [0.1, 0.15) is 0 Å². The highest BCUT2D eigenvalue weighted by Gasteiger charge is 1.98. The molecule has 2 aromatic carbocycles. The minimum atomic E-state index is 1.15. The Morgan fingerprint density at radius 3 is 2.92 bits per heavy atom. The maximum Gasteiger partial charge on any atom is 0.0466 e. The third-order valence-corrected chi connectivity index (χ3v) is 2.37. The lowest BCUT2D eigenvalue weighted by Gasteiger charge is -1.97. The molecule has 0 saturated heterocycles. The number of rotatable bonds is 0. The summed E-state index contributed by atoms with van der Waals surface area (Å²) in [4.78, 5) is 3.16. The topological polar surface area (TPSA) is 15.8 Å². The van der Waals surface area contributed by atoms with Crippen molar-refractivity contribution >= 4 is 21.7 Å². The van der Waals surface area contributed by atoms with Crippen LogP contribution in [0.3, 0.4) is 0 Å². The zero-order valence-corrected chi connectivity index (χ0v) is 7.04. The van der Waals surface area contributed by atoms with E-state index < -0.39 is 0 Å². The fraction of sp³-hybridized carbons (Fsp3) is 0. The Kier molecular flexibility index (Phi) is 1.22. The summed E-state index contributed by atoms with van der Waals surface area (Å²) in [6.07, 6.45) is 1.86. The Bertz CT molecular complexity index is 563. The third-order valence-electron chi connectivity index (χ3n) is 2.37. The van der Waals surface area contributed by atoms with Crippen LogP contribution in [-0.4, -0.2) is 4.98 Å². The molecular formula is C12H8N. The van der Waals surface area contributed by atoms with Crippen molar-refractivity contribution in [2.45, 2.75) is 0 Å². The molecule has 0 unspecified atom stereocenters. The number of hydrogen-bond donors (Lipinski definition) is 1. The van der Waals surface area contributed by atoms with E-state index >= 15 is 0 Å². The van der Waals surface area contributed by atoms with Crippen LogP contribution in [0, 0.1) is 6.07 Å². The number of aromatic nitrogens is 1. The summed E-state index contributed by atoms with van der Waals surface area (Å²) in [6.45, 7) is 0. The van der Waals surface area contributed by atoms with Gasteiger partial charge in [-0.3, -0.25) is 0 Å². The van der Waals surface area contributed by atoms with Gasteiger partial charge in [0, 0.05) is 23.2 Å². The van der Waals surface area contributed by atoms with Crippen LogP contribution in [0.25, 0.3) is 21.7 Å². The van der Waals surface area contributed by atoms with Gasteiger partial charge in [-0.15, -0.1) is 0 Å². The molecule has 1 heteroatoms. The lowest BCUT2D eigenvalue weighted by molar-refractivity contribution is 1.48. The van der Waals surface area contributed by atoms with E-state index in [4.69, 9.17) is 0 Å². The van der Waals surface area contributed by atoms with E-state index in [2.05, 4.69) is 47.4 Å². The summed E-state index contributed by atoms with van der Waals surface area (Å²) < 4.78 is 0. The lowest BCUT2D eigenvalue weighted by Crippen LogP contribution is -1.72. The van der Waals surface area contributed by atoms with Crippen molar-refractivity contribution < 1.29 is 0 Å². The van der Waals surface area contributed by atoms with E-state index in [1.54, 1.807) is 0 Å². The molecule has 0 aliphatic heterocycles. The molecule has 0 atom stereocenters. The highest BCUT2D eigenvalue weighted by atomic mass is 14.7. The van der Waals surface area contributed by atoms with Gasteiger partial charge >= 0.3 is 0 Å². The van der Waals surface area contributed by atoms with Crippen molar-refractivity contribution in [1.29, 1.82) is 0 Å². The molecule has 0 bridgehead atoms. The fourth-order valence-corrected chi connectivity index (χ4v) is 1.73. The summed E-state index contributed by atoms with van der Waals surface area (Å²) >= 11 is 0. The van der Waals surface area contributed by atoms with Crippen LogP contribution in [0.4, 0.5) is 0 Å². The van der Waals surface area contributed by atoms with E-state index in [9.17, 15) is 0 Å². The highest BCUT2D eigenvalue weighted by molar-refractivity contribution is 6.05. The molecule has 1 aromatic heterocycles. The zero-order valence-electron chi connectivity index (χ0n) is 7.04. The van der Waals surface area contributed by atoms with Crippen molar-refractivity contribution in [2.24, 2.45) is 0 Å². The lowest BCUT2D eigenvalue weighted by atomic mass is 10.1. The summed E-state index contributed by atoms with van der Waals surface area (Å²) in [5.41, 5.74) is 1.15. The zero-order chi connectivity index (χ0) is 8.67. The maximum atomic E-state index is 3.21. The van der Waals surface area contributed by atoms with Gasteiger partial charge in [-0.2, -0.15) is 0 Å². The smallest absolute Gasteiger partial charge is 0.0466 e. The van der Waals surface area contributed by atoms with E-state index in [1.165, 1.54) is 16.2 Å². The monoisotopic (exact) mass is 166 g/mol. The number of benzene rings is 2. The molecule has 0 aliphatic rings. The minimum Gasteiger partial charge on any atom is -0.361 e. The Hall–Kier alpha value is -1.76. The van der Waals surface area contributed by atoms with Gasteiger partial charge in [0.2, 0.25) is 0 Å². The minimum absolute atomic E-state index is 1.15. The number of fused-ring (bicyclic) bond motifs is 3. The molecule has 1 nitrogen and oxygen atoms in total. The van der Waals surface area contributed by atoms with Gasteiger partial charge < -0.3 is 4.98 Å². The van der Waals surface area contributed by atoms with Gasteiger partial charge in [-0.1, -0.05) is 30.3 Å². The number of nitrogens with one attached hydrogen (secondary N) is 1. The molecule has 0 amide bonds. The van der Waals surface area contributed by atoms with Crippen molar-refractivity contribution in [3.05, 3.63) is 48.7 Å². The second-order valence-electron chi connectivity index (χ2n) is 3.14. The fourth-order valence-electron chi connectivity index (χ4n) is 1.73. The normalized spacial score (nSPS) is 11.1. The first kappa shape index (κ1) is 6.72. The third kappa shape index (κ3) is 0.872. The molecule has 0 spiro atoms. The maximum absolute atomic E-state index is 3.21. The Morgan fingerprint density at radius 2 is 1.92 bits per heavy atom. The average Bonchev–Trinajstić information content (AvgIpc) is 2.65. The summed E-state index contributed by atoms with van der Waals surface area (Å²) in [7, 11) is 0. The van der Waals surface area contributed by atoms with Crippen molar-refractivity contribution in [3.63, 3.8) is 0 Å². The van der Waals surface area contributed by atoms with Crippen molar-refractivity contribution in [2.75, 3.05) is 0 Å². The van der Waals surface area contributed by atoms with E-state index in [-0.39, 0.29) is 0 Å². The number of hydrogen-bond acceptors (Lipinski definition) is 0. The predicted molar refractivity (Wildman–Crippen MR) is 54.6 cm³/mol. The largest absolute Gasteiger partial charge is 0.361 e. The van der Waals surface area contributed by atoms with E-state index in [1.807, 2.05) is 6.20 Å². The average molecular weight is 166 g/mol. The van der Waals surface area contributed by atoms with Gasteiger partial charge in [0.25, 0.3) is 0 Å². The standard InChI is InChI=1S/C12H8N/c1-2-4-10-9(3-1)5-6-12-11(10)7-8-13-12/h1-6,8,13H. The molecule has 1 radical (unpaired) electrons. The first-order chi connectivity index (χ1) is 6.45. The molecule has 1 N–H and O–H groups in total. The summed E-state index contributed by atoms with van der Waals surface area (Å²) in [5, 5.41) is 3.71. The van der Waals surface area contributed by atoms with Crippen LogP contribution in [-0.2, 0) is 0 Å². The quantitative estimate of drug-likeness (QED) is 0.528. The van der Waals surface area contributed by atoms with Crippen LogP contribution < -0.4 is 0 Å². The Labute approximate surface area is 76.0 Å². The molecule has 3 aromatic rings. The van der Waals surface area contributed by atoms with Crippen molar-refractivity contribution in [3.8, 4) is 0 Å². The van der Waals surface area contributed by atoms with Crippen molar-refractivity contribution in [1.82, 2.24) is 4.98 Å². The van der Waals surface area contributed by atoms with E-state index in [0.717, 1.165) is 5.52 Å². The van der Waals surface area contributed by atoms with Gasteiger partial charge in [0.05, 0.1) is 0 Å². The molecule has 1 heterocycles. The van der Waals surface area contributed by atoms with Crippen LogP contribution >= 0.6 is 0 Å². The Balaban J connectivity index is 2.65. The van der Waals surface area contributed by atoms with Crippen LogP contribution in [0.5, 0.6) is 0 Å². The number of H-pyrrole nitrogens is 1. The van der Waals surface area contributed by atoms with Crippen LogP contribution in [0.15, 0.2) is 42.6 Å². The van der Waals surface area contributed by atoms with Gasteiger partial charge in [-0.05, 0) is 16.8 Å². The molecular weight excluding hydrogens is 158 g/mol. The molecule has 0 saturated carbocycles. The van der Waals surface area contributed by atoms with Crippen LogP contribution in [0.1, 0.15) is 0 Å². The summed E-state index contributed by atoms with van der Waals surface area (Å²) in [5.74, 6) is 0. The molecule has 61 valence electrons. The molecule has 0 aliphatic carbocycles. The first-order valence-corrected chi connectivity index (χ1v) is 4.32. The SMILES string of the molecule is [c]1c[nH]c2ccc3ccccc3c12. The highest BCUT2D eigenvalue weighted by Crippen LogP contribution is 2.23. The van der Waals surface area contributed by atoms with Gasteiger partial charge in [-0.25, -0.2) is 0 Å². The van der Waals surface area contributed by atoms with Crippen LogP contribution in [0.2, 0.25) is 0 Å². The van der Waals surface area contributed by atoms with Gasteiger partial charge in [0.15, 0.2) is 0 Å².